The van der Waals surface area contributed by atoms with Crippen molar-refractivity contribution in [3.05, 3.63) is 23.9 Å². The van der Waals surface area contributed by atoms with Gasteiger partial charge in [0.15, 0.2) is 0 Å². The van der Waals surface area contributed by atoms with Gasteiger partial charge in [0.05, 0.1) is 5.69 Å². The minimum Gasteiger partial charge on any atom is -0.370 e. The molecule has 2 rings (SSSR count). The smallest absolute Gasteiger partial charge is 0.126 e. The van der Waals surface area contributed by atoms with Crippen LogP contribution in [0, 0.1) is 11.8 Å². The second-order valence-corrected chi connectivity index (χ2v) is 5.21. The molecule has 2 unspecified atom stereocenters. The molecular weight excluding hydrogens is 210 g/mol. The van der Waals surface area contributed by atoms with E-state index in [1.807, 2.05) is 6.07 Å². The molecule has 3 heteroatoms. The topological polar surface area (TPSA) is 28.2 Å². The molecule has 94 valence electrons. The van der Waals surface area contributed by atoms with Crippen molar-refractivity contribution in [2.75, 3.05) is 25.5 Å². The van der Waals surface area contributed by atoms with E-state index in [4.69, 9.17) is 0 Å². The van der Waals surface area contributed by atoms with E-state index in [0.29, 0.717) is 0 Å². The maximum Gasteiger partial charge on any atom is 0.126 e. The van der Waals surface area contributed by atoms with Crippen LogP contribution >= 0.6 is 0 Å². The van der Waals surface area contributed by atoms with Gasteiger partial charge < -0.3 is 10.2 Å². The lowest BCUT2D eigenvalue weighted by Gasteiger charge is -2.16. The molecule has 1 aliphatic rings. The lowest BCUT2D eigenvalue weighted by atomic mass is 10.3. The van der Waals surface area contributed by atoms with E-state index in [9.17, 15) is 0 Å². The first-order valence-corrected chi connectivity index (χ1v) is 6.57. The Balaban J connectivity index is 1.86. The highest BCUT2D eigenvalue weighted by Crippen LogP contribution is 2.38. The third-order valence-corrected chi connectivity index (χ3v) is 3.42. The standard InChI is InChI=1S/C14H23N3/c1-4-15-14-7-5-6-13(16-14)10-17(3)9-12-8-11(12)2/h5-7,11-12H,4,8-10H2,1-3H3,(H,15,16). The second-order valence-electron chi connectivity index (χ2n) is 5.21. The Bertz CT molecular complexity index is 364. The van der Waals surface area contributed by atoms with E-state index in [2.05, 4.69) is 48.2 Å². The van der Waals surface area contributed by atoms with Crippen LogP contribution in [0.3, 0.4) is 0 Å². The SMILES string of the molecule is CCNc1cccc(CN(C)CC2CC2C)n1. The Morgan fingerprint density at radius 3 is 2.88 bits per heavy atom. The molecule has 0 spiro atoms. The summed E-state index contributed by atoms with van der Waals surface area (Å²) < 4.78 is 0. The summed E-state index contributed by atoms with van der Waals surface area (Å²) in [5.41, 5.74) is 1.15. The summed E-state index contributed by atoms with van der Waals surface area (Å²) in [6.45, 7) is 7.50. The zero-order chi connectivity index (χ0) is 12.3. The molecule has 1 fully saturated rings. The fraction of sp³-hybridized carbons (Fsp3) is 0.643. The van der Waals surface area contributed by atoms with Crippen LogP contribution in [-0.4, -0.2) is 30.0 Å². The molecule has 3 nitrogen and oxygen atoms in total. The van der Waals surface area contributed by atoms with E-state index in [1.54, 1.807) is 0 Å². The van der Waals surface area contributed by atoms with E-state index in [1.165, 1.54) is 13.0 Å². The fourth-order valence-electron chi connectivity index (χ4n) is 2.24. The third kappa shape index (κ3) is 3.70. The van der Waals surface area contributed by atoms with Gasteiger partial charge in [-0.1, -0.05) is 13.0 Å². The molecule has 1 heterocycles. The first-order valence-electron chi connectivity index (χ1n) is 6.57. The molecule has 0 aliphatic heterocycles. The van der Waals surface area contributed by atoms with Crippen LogP contribution in [0.25, 0.3) is 0 Å². The quantitative estimate of drug-likeness (QED) is 0.818. The van der Waals surface area contributed by atoms with Gasteiger partial charge in [-0.05, 0) is 44.4 Å². The monoisotopic (exact) mass is 233 g/mol. The van der Waals surface area contributed by atoms with E-state index in [-0.39, 0.29) is 0 Å². The number of hydrogen-bond donors (Lipinski definition) is 1. The molecule has 1 aliphatic carbocycles. The van der Waals surface area contributed by atoms with Crippen LogP contribution < -0.4 is 5.32 Å². The van der Waals surface area contributed by atoms with Gasteiger partial charge in [-0.15, -0.1) is 0 Å². The highest BCUT2D eigenvalue weighted by atomic mass is 15.1. The van der Waals surface area contributed by atoms with Crippen LogP contribution in [0.2, 0.25) is 0 Å². The van der Waals surface area contributed by atoms with Crippen molar-refractivity contribution in [3.8, 4) is 0 Å². The first-order chi connectivity index (χ1) is 8.19. The Hall–Kier alpha value is -1.09. The predicted octanol–water partition coefficient (Wildman–Crippen LogP) is 2.60. The zero-order valence-corrected chi connectivity index (χ0v) is 11.1. The van der Waals surface area contributed by atoms with Gasteiger partial charge >= 0.3 is 0 Å². The summed E-state index contributed by atoms with van der Waals surface area (Å²) in [5.74, 6) is 2.83. The third-order valence-electron chi connectivity index (χ3n) is 3.42. The molecule has 1 aromatic rings. The average molecular weight is 233 g/mol. The minimum atomic E-state index is 0.914. The van der Waals surface area contributed by atoms with Crippen molar-refractivity contribution < 1.29 is 0 Å². The minimum absolute atomic E-state index is 0.914. The molecule has 0 radical (unpaired) electrons. The Labute approximate surface area is 104 Å². The molecule has 1 N–H and O–H groups in total. The van der Waals surface area contributed by atoms with Gasteiger partial charge in [0, 0.05) is 19.6 Å². The highest BCUT2D eigenvalue weighted by Gasteiger charge is 2.32. The Morgan fingerprint density at radius 2 is 2.24 bits per heavy atom. The summed E-state index contributed by atoms with van der Waals surface area (Å²) in [4.78, 5) is 6.98. The molecular formula is C14H23N3. The summed E-state index contributed by atoms with van der Waals surface area (Å²) in [6, 6.07) is 6.21. The number of nitrogens with zero attached hydrogens (tertiary/aromatic N) is 2. The maximum absolute atomic E-state index is 4.60. The van der Waals surface area contributed by atoms with E-state index in [0.717, 1.165) is 36.4 Å². The predicted molar refractivity (Wildman–Crippen MR) is 72.0 cm³/mol. The number of hydrogen-bond acceptors (Lipinski definition) is 3. The lowest BCUT2D eigenvalue weighted by molar-refractivity contribution is 0.304. The van der Waals surface area contributed by atoms with Crippen molar-refractivity contribution in [1.29, 1.82) is 0 Å². The number of anilines is 1. The Morgan fingerprint density at radius 1 is 1.47 bits per heavy atom. The molecule has 1 saturated carbocycles. The summed E-state index contributed by atoms with van der Waals surface area (Å²) in [5, 5.41) is 3.25. The molecule has 0 saturated heterocycles. The summed E-state index contributed by atoms with van der Waals surface area (Å²) in [7, 11) is 2.19. The lowest BCUT2D eigenvalue weighted by Crippen LogP contribution is -2.21. The van der Waals surface area contributed by atoms with E-state index < -0.39 is 0 Å². The number of pyridine rings is 1. The van der Waals surface area contributed by atoms with Crippen LogP contribution in [0.1, 0.15) is 26.0 Å². The van der Waals surface area contributed by atoms with Crippen molar-refractivity contribution in [2.45, 2.75) is 26.8 Å². The molecule has 0 aromatic carbocycles. The fourth-order valence-corrected chi connectivity index (χ4v) is 2.24. The Kier molecular flexibility index (Phi) is 4.00. The van der Waals surface area contributed by atoms with Crippen LogP contribution in [0.15, 0.2) is 18.2 Å². The van der Waals surface area contributed by atoms with Gasteiger partial charge in [0.25, 0.3) is 0 Å². The van der Waals surface area contributed by atoms with E-state index >= 15 is 0 Å². The van der Waals surface area contributed by atoms with Crippen molar-refractivity contribution in [1.82, 2.24) is 9.88 Å². The van der Waals surface area contributed by atoms with Gasteiger partial charge in [0.1, 0.15) is 5.82 Å². The summed E-state index contributed by atoms with van der Waals surface area (Å²) >= 11 is 0. The van der Waals surface area contributed by atoms with Gasteiger partial charge in [-0.2, -0.15) is 0 Å². The van der Waals surface area contributed by atoms with Crippen molar-refractivity contribution in [2.24, 2.45) is 11.8 Å². The van der Waals surface area contributed by atoms with Crippen molar-refractivity contribution >= 4 is 5.82 Å². The summed E-state index contributed by atoms with van der Waals surface area (Å²) in [6.07, 6.45) is 1.40. The van der Waals surface area contributed by atoms with Gasteiger partial charge in [0.2, 0.25) is 0 Å². The van der Waals surface area contributed by atoms with Crippen LogP contribution in [0.5, 0.6) is 0 Å². The second kappa shape index (κ2) is 5.50. The molecule has 17 heavy (non-hydrogen) atoms. The van der Waals surface area contributed by atoms with Crippen molar-refractivity contribution in [3.63, 3.8) is 0 Å². The molecule has 0 bridgehead atoms. The van der Waals surface area contributed by atoms with Crippen LogP contribution in [-0.2, 0) is 6.54 Å². The van der Waals surface area contributed by atoms with Gasteiger partial charge in [-0.3, -0.25) is 0 Å². The highest BCUT2D eigenvalue weighted by molar-refractivity contribution is 5.34. The number of aromatic nitrogens is 1. The van der Waals surface area contributed by atoms with Gasteiger partial charge in [-0.25, -0.2) is 4.98 Å². The number of nitrogens with one attached hydrogen (secondary N) is 1. The maximum atomic E-state index is 4.60. The molecule has 1 aromatic heterocycles. The number of rotatable bonds is 6. The molecule has 2 atom stereocenters. The first kappa shape index (κ1) is 12.4. The zero-order valence-electron chi connectivity index (χ0n) is 11.1. The molecule has 0 amide bonds. The van der Waals surface area contributed by atoms with Crippen LogP contribution in [0.4, 0.5) is 5.82 Å². The average Bonchev–Trinajstić information content (AvgIpc) is 2.94. The normalized spacial score (nSPS) is 22.8. The largest absolute Gasteiger partial charge is 0.370 e.